The van der Waals surface area contributed by atoms with Crippen molar-refractivity contribution in [1.29, 1.82) is 0 Å². The van der Waals surface area contributed by atoms with Crippen LogP contribution in [0.5, 0.6) is 0 Å². The summed E-state index contributed by atoms with van der Waals surface area (Å²) in [6.45, 7) is 3.72. The Kier molecular flexibility index (Phi) is 7.22. The van der Waals surface area contributed by atoms with Crippen LogP contribution in [0.2, 0.25) is 0 Å². The van der Waals surface area contributed by atoms with E-state index >= 15 is 0 Å². The molecule has 2 rings (SSSR count). The molecule has 2 N–H and O–H groups in total. The molecule has 28 heavy (non-hydrogen) atoms. The van der Waals surface area contributed by atoms with Gasteiger partial charge < -0.3 is 0 Å². The number of carbonyl (C=O) groups excluding carboxylic acids is 2. The molecule has 2 amide bonds. The maximum Gasteiger partial charge on any atom is 0.269 e. The molecule has 7 nitrogen and oxygen atoms in total. The van der Waals surface area contributed by atoms with E-state index in [0.717, 1.165) is 14.8 Å². The number of benzene rings is 2. The van der Waals surface area contributed by atoms with E-state index in [1.807, 2.05) is 31.2 Å². The predicted molar refractivity (Wildman–Crippen MR) is 109 cm³/mol. The normalized spacial score (nSPS) is 12.5. The highest BCUT2D eigenvalue weighted by Gasteiger charge is 2.19. The van der Waals surface area contributed by atoms with E-state index in [9.17, 15) is 18.0 Å². The molecule has 1 atom stereocenters. The van der Waals surface area contributed by atoms with Crippen LogP contribution in [0.25, 0.3) is 0 Å². The molecule has 0 saturated carbocycles. The summed E-state index contributed by atoms with van der Waals surface area (Å²) in [6.07, 6.45) is 0. The Bertz CT molecular complexity index is 957. The molecule has 0 aromatic heterocycles. The lowest BCUT2D eigenvalue weighted by molar-refractivity contribution is -0.121. The average Bonchev–Trinajstić information content (AvgIpc) is 2.67. The fraction of sp³-hybridized carbons (Fsp3) is 0.263. The summed E-state index contributed by atoms with van der Waals surface area (Å²) in [5, 5.41) is -0.427. The van der Waals surface area contributed by atoms with Gasteiger partial charge in [0.05, 0.1) is 10.1 Å². The first-order valence-corrected chi connectivity index (χ1v) is 10.8. The maximum absolute atomic E-state index is 12.3. The zero-order chi connectivity index (χ0) is 20.9. The largest absolute Gasteiger partial charge is 0.272 e. The number of sulfonamides is 1. The van der Waals surface area contributed by atoms with Crippen molar-refractivity contribution in [3.05, 3.63) is 59.7 Å². The monoisotopic (exact) mass is 421 g/mol. The number of hydrogen-bond donors (Lipinski definition) is 2. The second-order valence-corrected chi connectivity index (χ2v) is 9.90. The lowest BCUT2D eigenvalue weighted by Crippen LogP contribution is -2.44. The van der Waals surface area contributed by atoms with E-state index in [-0.39, 0.29) is 16.4 Å². The molecule has 0 aliphatic heterocycles. The quantitative estimate of drug-likeness (QED) is 0.551. The lowest BCUT2D eigenvalue weighted by Gasteiger charge is -2.14. The molecule has 2 aromatic rings. The molecule has 150 valence electrons. The molecule has 0 saturated heterocycles. The van der Waals surface area contributed by atoms with Crippen molar-refractivity contribution in [2.24, 2.45) is 0 Å². The standard InChI is InChI=1S/C19H23N3O4S2/c1-13-8-10-16(11-9-13)27-14(2)18(23)20-21-19(24)15-6-5-7-17(12-15)28(25,26)22(3)4/h5-12,14H,1-4H3,(H,20,23)(H,21,24)/t14-/m0/s1. The van der Waals surface area contributed by atoms with Crippen molar-refractivity contribution < 1.29 is 18.0 Å². The van der Waals surface area contributed by atoms with Gasteiger partial charge in [-0.1, -0.05) is 23.8 Å². The summed E-state index contributed by atoms with van der Waals surface area (Å²) in [6, 6.07) is 13.4. The van der Waals surface area contributed by atoms with Crippen LogP contribution in [0.3, 0.4) is 0 Å². The third-order valence-corrected chi connectivity index (χ3v) is 6.80. The number of thioether (sulfide) groups is 1. The van der Waals surface area contributed by atoms with Crippen LogP contribution in [0.4, 0.5) is 0 Å². The van der Waals surface area contributed by atoms with Crippen LogP contribution in [-0.2, 0) is 14.8 Å². The second kappa shape index (κ2) is 9.22. The van der Waals surface area contributed by atoms with E-state index < -0.39 is 21.2 Å². The van der Waals surface area contributed by atoms with E-state index in [1.54, 1.807) is 6.92 Å². The Hall–Kier alpha value is -2.36. The van der Waals surface area contributed by atoms with Crippen molar-refractivity contribution in [1.82, 2.24) is 15.2 Å². The summed E-state index contributed by atoms with van der Waals surface area (Å²) >= 11 is 1.37. The van der Waals surface area contributed by atoms with Crippen molar-refractivity contribution in [3.63, 3.8) is 0 Å². The first-order chi connectivity index (χ1) is 13.1. The molecule has 0 radical (unpaired) electrons. The molecule has 9 heteroatoms. The number of nitrogens with zero attached hydrogens (tertiary/aromatic N) is 1. The Labute approximate surface area is 169 Å². The van der Waals surface area contributed by atoms with Crippen LogP contribution >= 0.6 is 11.8 Å². The Morgan fingerprint density at radius 1 is 1.04 bits per heavy atom. The molecular formula is C19H23N3O4S2. The van der Waals surface area contributed by atoms with Gasteiger partial charge in [-0.15, -0.1) is 11.8 Å². The van der Waals surface area contributed by atoms with Gasteiger partial charge in [0.1, 0.15) is 0 Å². The van der Waals surface area contributed by atoms with Crippen molar-refractivity contribution >= 4 is 33.6 Å². The number of carbonyl (C=O) groups is 2. The van der Waals surface area contributed by atoms with Gasteiger partial charge in [-0.2, -0.15) is 0 Å². The van der Waals surface area contributed by atoms with Gasteiger partial charge in [0, 0.05) is 24.6 Å². The summed E-state index contributed by atoms with van der Waals surface area (Å²) < 4.78 is 25.4. The first-order valence-electron chi connectivity index (χ1n) is 8.47. The smallest absolute Gasteiger partial charge is 0.269 e. The number of hydrogen-bond acceptors (Lipinski definition) is 5. The summed E-state index contributed by atoms with van der Waals surface area (Å²) in [4.78, 5) is 25.4. The summed E-state index contributed by atoms with van der Waals surface area (Å²) in [5.74, 6) is -0.965. The van der Waals surface area contributed by atoms with Crippen LogP contribution in [0.15, 0.2) is 58.3 Å². The molecular weight excluding hydrogens is 398 g/mol. The van der Waals surface area contributed by atoms with Crippen LogP contribution < -0.4 is 10.9 Å². The van der Waals surface area contributed by atoms with Crippen LogP contribution in [0, 0.1) is 6.92 Å². The van der Waals surface area contributed by atoms with E-state index in [2.05, 4.69) is 10.9 Å². The first kappa shape index (κ1) is 21.9. The van der Waals surface area contributed by atoms with Crippen molar-refractivity contribution in [2.45, 2.75) is 28.9 Å². The number of hydrazine groups is 1. The van der Waals surface area contributed by atoms with Gasteiger partial charge in [-0.05, 0) is 44.2 Å². The van der Waals surface area contributed by atoms with Gasteiger partial charge in [-0.3, -0.25) is 20.4 Å². The average molecular weight is 422 g/mol. The van der Waals surface area contributed by atoms with Gasteiger partial charge in [0.2, 0.25) is 10.0 Å². The molecule has 0 aliphatic rings. The minimum Gasteiger partial charge on any atom is -0.272 e. The number of nitrogens with one attached hydrogen (secondary N) is 2. The Morgan fingerprint density at radius 3 is 2.29 bits per heavy atom. The van der Waals surface area contributed by atoms with Gasteiger partial charge >= 0.3 is 0 Å². The minimum atomic E-state index is -3.65. The van der Waals surface area contributed by atoms with Crippen molar-refractivity contribution in [2.75, 3.05) is 14.1 Å². The molecule has 0 fully saturated rings. The SMILES string of the molecule is Cc1ccc(S[C@@H](C)C(=O)NNC(=O)c2cccc(S(=O)(=O)N(C)C)c2)cc1. The van der Waals surface area contributed by atoms with Crippen LogP contribution in [0.1, 0.15) is 22.8 Å². The fourth-order valence-electron chi connectivity index (χ4n) is 2.18. The Morgan fingerprint density at radius 2 is 1.68 bits per heavy atom. The highest BCUT2D eigenvalue weighted by Crippen LogP contribution is 2.23. The Balaban J connectivity index is 1.98. The van der Waals surface area contributed by atoms with Crippen LogP contribution in [-0.4, -0.2) is 43.9 Å². The summed E-state index contributed by atoms with van der Waals surface area (Å²) in [5.41, 5.74) is 5.95. The fourth-order valence-corrected chi connectivity index (χ4v) is 3.99. The zero-order valence-electron chi connectivity index (χ0n) is 16.1. The number of rotatable bonds is 6. The van der Waals surface area contributed by atoms with E-state index in [0.29, 0.717) is 0 Å². The molecule has 0 unspecified atom stereocenters. The highest BCUT2D eigenvalue weighted by molar-refractivity contribution is 8.00. The van der Waals surface area contributed by atoms with Gasteiger partial charge in [0.15, 0.2) is 0 Å². The van der Waals surface area contributed by atoms with Crippen molar-refractivity contribution in [3.8, 4) is 0 Å². The third-order valence-electron chi connectivity index (χ3n) is 3.88. The van der Waals surface area contributed by atoms with E-state index in [4.69, 9.17) is 0 Å². The second-order valence-electron chi connectivity index (χ2n) is 6.33. The highest BCUT2D eigenvalue weighted by atomic mass is 32.2. The van der Waals surface area contributed by atoms with E-state index in [1.165, 1.54) is 50.1 Å². The maximum atomic E-state index is 12.3. The lowest BCUT2D eigenvalue weighted by atomic mass is 10.2. The molecule has 0 aliphatic carbocycles. The van der Waals surface area contributed by atoms with Gasteiger partial charge in [-0.25, -0.2) is 12.7 Å². The molecule has 0 spiro atoms. The summed E-state index contributed by atoms with van der Waals surface area (Å²) in [7, 11) is -0.828. The minimum absolute atomic E-state index is 0.000212. The topological polar surface area (TPSA) is 95.6 Å². The third kappa shape index (κ3) is 5.57. The molecule has 2 aromatic carbocycles. The predicted octanol–water partition coefficient (Wildman–Crippen LogP) is 2.19. The van der Waals surface area contributed by atoms with Gasteiger partial charge in [0.25, 0.3) is 11.8 Å². The molecule has 0 bridgehead atoms. The molecule has 0 heterocycles. The number of amides is 2. The zero-order valence-corrected chi connectivity index (χ0v) is 17.7. The number of aryl methyl sites for hydroxylation is 1.